The maximum atomic E-state index is 12.6. The Hall–Kier alpha value is -1.91. The van der Waals surface area contributed by atoms with Crippen LogP contribution in [0.25, 0.3) is 0 Å². The number of carbonyl (C=O) groups excluding carboxylic acids is 1. The number of amides is 1. The molecule has 0 atom stereocenters. The molecule has 0 radical (unpaired) electrons. The van der Waals surface area contributed by atoms with Gasteiger partial charge in [-0.3, -0.25) is 4.79 Å². The lowest BCUT2D eigenvalue weighted by Gasteiger charge is -2.26. The third kappa shape index (κ3) is 6.00. The van der Waals surface area contributed by atoms with Gasteiger partial charge in [-0.1, -0.05) is 26.7 Å². The number of hydrogen-bond acceptors (Lipinski definition) is 4. The molecule has 1 rings (SSSR count). The second-order valence-corrected chi connectivity index (χ2v) is 6.03. The van der Waals surface area contributed by atoms with Gasteiger partial charge in [0.1, 0.15) is 0 Å². The number of nitrogens with zero attached hydrogens (tertiary/aromatic N) is 3. The van der Waals surface area contributed by atoms with E-state index in [1.807, 2.05) is 42.0 Å². The van der Waals surface area contributed by atoms with Crippen molar-refractivity contribution in [2.75, 3.05) is 31.6 Å². The van der Waals surface area contributed by atoms with Gasteiger partial charge in [0.15, 0.2) is 0 Å². The second-order valence-electron chi connectivity index (χ2n) is 6.03. The predicted molar refractivity (Wildman–Crippen MR) is 95.7 cm³/mol. The first-order valence-electron chi connectivity index (χ1n) is 8.50. The fraction of sp³-hybridized carbons (Fsp3) is 0.611. The number of carbonyl (C=O) groups is 1. The van der Waals surface area contributed by atoms with E-state index in [-0.39, 0.29) is 5.91 Å². The molecule has 0 saturated heterocycles. The minimum atomic E-state index is 0.182. The number of likely N-dealkylation sites (N-methyl/N-ethyl adjacent to an activating group) is 1. The van der Waals surface area contributed by atoms with E-state index in [1.54, 1.807) is 0 Å². The van der Waals surface area contributed by atoms with E-state index >= 15 is 0 Å². The van der Waals surface area contributed by atoms with Crippen LogP contribution in [0.5, 0.6) is 0 Å². The standard InChI is InChI=1S/C18H30N4O/c1-5-7-11-22(12-8-6-2)18(23)14-21(4)16-9-10-17(20-19)15(3)13-16/h9-10,13,19H,5-8,11-12,14H2,1-4H3. The summed E-state index contributed by atoms with van der Waals surface area (Å²) < 4.78 is 0. The Labute approximate surface area is 140 Å². The first-order chi connectivity index (χ1) is 11.0. The molecule has 0 aliphatic carbocycles. The van der Waals surface area contributed by atoms with Crippen LogP contribution < -0.4 is 4.90 Å². The van der Waals surface area contributed by atoms with Crippen molar-refractivity contribution < 1.29 is 4.79 Å². The molecule has 0 aliphatic heterocycles. The molecule has 23 heavy (non-hydrogen) atoms. The summed E-state index contributed by atoms with van der Waals surface area (Å²) in [6, 6.07) is 5.71. The Morgan fingerprint density at radius 3 is 2.26 bits per heavy atom. The zero-order chi connectivity index (χ0) is 17.2. The van der Waals surface area contributed by atoms with Gasteiger partial charge in [-0.25, -0.2) is 5.53 Å². The van der Waals surface area contributed by atoms with Crippen molar-refractivity contribution in [2.45, 2.75) is 46.5 Å². The Morgan fingerprint density at radius 1 is 1.17 bits per heavy atom. The van der Waals surface area contributed by atoms with Crippen molar-refractivity contribution in [3.8, 4) is 0 Å². The molecule has 1 amide bonds. The minimum absolute atomic E-state index is 0.182. The zero-order valence-electron chi connectivity index (χ0n) is 14.9. The zero-order valence-corrected chi connectivity index (χ0v) is 14.9. The van der Waals surface area contributed by atoms with Gasteiger partial charge in [0.25, 0.3) is 0 Å². The second kappa shape index (κ2) is 9.98. The quantitative estimate of drug-likeness (QED) is 0.645. The molecule has 1 aromatic rings. The average molecular weight is 318 g/mol. The molecule has 0 heterocycles. The molecule has 5 heteroatoms. The summed E-state index contributed by atoms with van der Waals surface area (Å²) in [4.78, 5) is 16.5. The topological polar surface area (TPSA) is 59.8 Å². The van der Waals surface area contributed by atoms with E-state index in [0.29, 0.717) is 12.2 Å². The number of nitrogens with one attached hydrogen (secondary N) is 1. The molecule has 1 N–H and O–H groups in total. The van der Waals surface area contributed by atoms with Gasteiger partial charge in [-0.05, 0) is 43.5 Å². The van der Waals surface area contributed by atoms with E-state index < -0.39 is 0 Å². The Kier molecular flexibility index (Phi) is 8.30. The molecule has 0 bridgehead atoms. The van der Waals surface area contributed by atoms with Gasteiger partial charge in [0, 0.05) is 25.8 Å². The molecule has 0 aliphatic rings. The van der Waals surface area contributed by atoms with E-state index in [0.717, 1.165) is 50.0 Å². The van der Waals surface area contributed by atoms with Crippen molar-refractivity contribution in [1.29, 1.82) is 5.53 Å². The summed E-state index contributed by atoms with van der Waals surface area (Å²) in [6.07, 6.45) is 4.31. The molecule has 5 nitrogen and oxygen atoms in total. The lowest BCUT2D eigenvalue weighted by atomic mass is 10.1. The maximum Gasteiger partial charge on any atom is 0.242 e. The van der Waals surface area contributed by atoms with Crippen molar-refractivity contribution in [1.82, 2.24) is 4.90 Å². The van der Waals surface area contributed by atoms with Crippen molar-refractivity contribution in [3.05, 3.63) is 23.8 Å². The van der Waals surface area contributed by atoms with Crippen molar-refractivity contribution in [3.63, 3.8) is 0 Å². The smallest absolute Gasteiger partial charge is 0.242 e. The van der Waals surface area contributed by atoms with E-state index in [1.165, 1.54) is 0 Å². The summed E-state index contributed by atoms with van der Waals surface area (Å²) in [7, 11) is 1.93. The summed E-state index contributed by atoms with van der Waals surface area (Å²) in [5.74, 6) is 0.182. The molecule has 0 fully saturated rings. The summed E-state index contributed by atoms with van der Waals surface area (Å²) >= 11 is 0. The summed E-state index contributed by atoms with van der Waals surface area (Å²) in [5, 5.41) is 3.48. The number of anilines is 1. The Morgan fingerprint density at radius 2 is 1.78 bits per heavy atom. The van der Waals surface area contributed by atoms with Crippen LogP contribution in [0.3, 0.4) is 0 Å². The summed E-state index contributed by atoms with van der Waals surface area (Å²) in [6.45, 7) is 8.30. The third-order valence-electron chi connectivity index (χ3n) is 4.03. The monoisotopic (exact) mass is 318 g/mol. The molecule has 0 spiro atoms. The highest BCUT2D eigenvalue weighted by Gasteiger charge is 2.15. The van der Waals surface area contributed by atoms with E-state index in [9.17, 15) is 4.79 Å². The lowest BCUT2D eigenvalue weighted by molar-refractivity contribution is -0.129. The normalized spacial score (nSPS) is 10.4. The van der Waals surface area contributed by atoms with Crippen LogP contribution in [0.1, 0.15) is 45.1 Å². The van der Waals surface area contributed by atoms with Crippen LogP contribution in [-0.4, -0.2) is 37.5 Å². The van der Waals surface area contributed by atoms with Crippen LogP contribution in [0, 0.1) is 12.5 Å². The Bertz CT molecular complexity index is 508. The minimum Gasteiger partial charge on any atom is -0.365 e. The van der Waals surface area contributed by atoms with Gasteiger partial charge in [0.2, 0.25) is 5.91 Å². The van der Waals surface area contributed by atoms with Crippen LogP contribution in [0.2, 0.25) is 0 Å². The van der Waals surface area contributed by atoms with Crippen LogP contribution >= 0.6 is 0 Å². The van der Waals surface area contributed by atoms with Gasteiger partial charge in [-0.2, -0.15) is 5.11 Å². The number of rotatable bonds is 10. The Balaban J connectivity index is 2.71. The SMILES string of the molecule is CCCCN(CCCC)C(=O)CN(C)c1ccc(N=N)c(C)c1. The van der Waals surface area contributed by atoms with Crippen LogP contribution in [-0.2, 0) is 4.79 Å². The largest absolute Gasteiger partial charge is 0.365 e. The highest BCUT2D eigenvalue weighted by molar-refractivity contribution is 5.81. The number of hydrogen-bond donors (Lipinski definition) is 1. The number of benzene rings is 1. The van der Waals surface area contributed by atoms with Gasteiger partial charge >= 0.3 is 0 Å². The molecular formula is C18H30N4O. The van der Waals surface area contributed by atoms with E-state index in [4.69, 9.17) is 5.53 Å². The molecule has 0 unspecified atom stereocenters. The van der Waals surface area contributed by atoms with Crippen molar-refractivity contribution in [2.24, 2.45) is 5.11 Å². The van der Waals surface area contributed by atoms with Crippen LogP contribution in [0.15, 0.2) is 23.3 Å². The molecule has 0 saturated carbocycles. The first-order valence-corrected chi connectivity index (χ1v) is 8.50. The average Bonchev–Trinajstić information content (AvgIpc) is 2.54. The van der Waals surface area contributed by atoms with Crippen molar-refractivity contribution >= 4 is 17.3 Å². The molecule has 0 aromatic heterocycles. The number of aryl methyl sites for hydroxylation is 1. The van der Waals surface area contributed by atoms with Gasteiger partial charge in [0.05, 0.1) is 12.2 Å². The predicted octanol–water partition coefficient (Wildman–Crippen LogP) is 4.52. The number of unbranched alkanes of at least 4 members (excludes halogenated alkanes) is 2. The molecule has 1 aromatic carbocycles. The molecular weight excluding hydrogens is 288 g/mol. The fourth-order valence-corrected chi connectivity index (χ4v) is 2.46. The van der Waals surface area contributed by atoms with E-state index in [2.05, 4.69) is 19.0 Å². The van der Waals surface area contributed by atoms with Gasteiger partial charge < -0.3 is 9.80 Å². The van der Waals surface area contributed by atoms with Gasteiger partial charge in [-0.15, -0.1) is 0 Å². The van der Waals surface area contributed by atoms with Crippen LogP contribution in [0.4, 0.5) is 11.4 Å². The summed E-state index contributed by atoms with van der Waals surface area (Å²) in [5.41, 5.74) is 9.71. The maximum absolute atomic E-state index is 12.6. The lowest BCUT2D eigenvalue weighted by Crippen LogP contribution is -2.40. The molecule has 128 valence electrons. The highest BCUT2D eigenvalue weighted by Crippen LogP contribution is 2.24. The third-order valence-corrected chi connectivity index (χ3v) is 4.03. The highest BCUT2D eigenvalue weighted by atomic mass is 16.2. The fourth-order valence-electron chi connectivity index (χ4n) is 2.46. The first kappa shape index (κ1) is 19.1.